The van der Waals surface area contributed by atoms with E-state index in [-0.39, 0.29) is 5.57 Å². The summed E-state index contributed by atoms with van der Waals surface area (Å²) in [5.74, 6) is -2.70. The summed E-state index contributed by atoms with van der Waals surface area (Å²) in [6, 6.07) is 5.57. The number of carbonyl (C=O) groups is 2. The first-order valence-corrected chi connectivity index (χ1v) is 7.62. The topological polar surface area (TPSA) is 82.5 Å². The molecule has 1 fully saturated rings. The van der Waals surface area contributed by atoms with Crippen LogP contribution in [0.5, 0.6) is 0 Å². The van der Waals surface area contributed by atoms with E-state index in [0.717, 1.165) is 10.9 Å². The maximum absolute atomic E-state index is 11.9. The van der Waals surface area contributed by atoms with E-state index in [1.807, 2.05) is 18.2 Å². The van der Waals surface area contributed by atoms with Crippen molar-refractivity contribution in [1.29, 1.82) is 0 Å². The number of carbonyl (C=O) groups excluding carboxylic acids is 2. The monoisotopic (exact) mass is 379 g/mol. The second kappa shape index (κ2) is 5.38. The molecule has 120 valence electrons. The third kappa shape index (κ3) is 2.81. The number of para-hydroxylation sites is 1. The van der Waals surface area contributed by atoms with E-state index in [1.165, 1.54) is 20.0 Å². The summed E-state index contributed by atoms with van der Waals surface area (Å²) in [7, 11) is 1.80. The van der Waals surface area contributed by atoms with Gasteiger partial charge < -0.3 is 14.8 Å². The summed E-state index contributed by atoms with van der Waals surface area (Å²) < 4.78 is 12.5. The van der Waals surface area contributed by atoms with Crippen LogP contribution in [0.15, 0.2) is 34.6 Å². The van der Waals surface area contributed by atoms with Crippen LogP contribution >= 0.6 is 15.9 Å². The normalized spacial score (nSPS) is 17.0. The van der Waals surface area contributed by atoms with Crippen molar-refractivity contribution >= 4 is 44.5 Å². The van der Waals surface area contributed by atoms with Gasteiger partial charge in [0, 0.05) is 32.5 Å². The molecule has 0 unspecified atom stereocenters. The Labute approximate surface area is 140 Å². The van der Waals surface area contributed by atoms with Crippen LogP contribution in [0.1, 0.15) is 13.8 Å². The van der Waals surface area contributed by atoms with Crippen LogP contribution in [0.3, 0.4) is 0 Å². The highest BCUT2D eigenvalue weighted by Crippen LogP contribution is 2.29. The van der Waals surface area contributed by atoms with Gasteiger partial charge in [0.15, 0.2) is 5.57 Å². The number of fused-ring (bicyclic) bond motifs is 1. The van der Waals surface area contributed by atoms with Crippen LogP contribution in [-0.4, -0.2) is 27.5 Å². The lowest BCUT2D eigenvalue weighted by Crippen LogP contribution is -2.42. The molecule has 0 amide bonds. The van der Waals surface area contributed by atoms with Gasteiger partial charge in [-0.3, -0.25) is 4.68 Å². The van der Waals surface area contributed by atoms with Crippen molar-refractivity contribution in [3.63, 3.8) is 0 Å². The minimum atomic E-state index is -1.25. The summed E-state index contributed by atoms with van der Waals surface area (Å²) in [6.45, 7) is 3.00. The number of aryl methyl sites for hydroxylation is 1. The molecule has 1 aliphatic rings. The van der Waals surface area contributed by atoms with E-state index in [0.29, 0.717) is 10.3 Å². The molecular weight excluding hydrogens is 366 g/mol. The van der Waals surface area contributed by atoms with Crippen LogP contribution in [0.4, 0.5) is 5.69 Å². The van der Waals surface area contributed by atoms with Gasteiger partial charge >= 0.3 is 11.9 Å². The minimum absolute atomic E-state index is 0.192. The number of nitrogens with one attached hydrogen (secondary N) is 1. The molecule has 1 aromatic carbocycles. The van der Waals surface area contributed by atoms with Gasteiger partial charge in [-0.1, -0.05) is 6.07 Å². The second-order valence-electron chi connectivity index (χ2n) is 5.50. The summed E-state index contributed by atoms with van der Waals surface area (Å²) in [5, 5.41) is 8.15. The van der Waals surface area contributed by atoms with E-state index in [9.17, 15) is 9.59 Å². The van der Waals surface area contributed by atoms with E-state index in [1.54, 1.807) is 11.7 Å². The van der Waals surface area contributed by atoms with Gasteiger partial charge in [0.05, 0.1) is 11.2 Å². The molecule has 23 heavy (non-hydrogen) atoms. The van der Waals surface area contributed by atoms with Crippen molar-refractivity contribution in [2.24, 2.45) is 7.05 Å². The Morgan fingerprint density at radius 1 is 1.26 bits per heavy atom. The van der Waals surface area contributed by atoms with Gasteiger partial charge in [0.2, 0.25) is 0 Å². The molecule has 3 rings (SSSR count). The van der Waals surface area contributed by atoms with Crippen LogP contribution in [0.25, 0.3) is 10.9 Å². The van der Waals surface area contributed by atoms with Gasteiger partial charge in [-0.2, -0.15) is 5.10 Å². The molecule has 1 N–H and O–H groups in total. The summed E-state index contributed by atoms with van der Waals surface area (Å²) >= 11 is 3.39. The minimum Gasteiger partial charge on any atom is -0.419 e. The highest BCUT2D eigenvalue weighted by Gasteiger charge is 2.38. The predicted molar refractivity (Wildman–Crippen MR) is 86.4 cm³/mol. The average Bonchev–Trinajstić information content (AvgIpc) is 2.72. The molecule has 0 aliphatic carbocycles. The third-order valence-corrected chi connectivity index (χ3v) is 3.89. The van der Waals surface area contributed by atoms with Crippen LogP contribution in [0.2, 0.25) is 0 Å². The molecule has 2 heterocycles. The molecule has 1 aliphatic heterocycles. The fraction of sp³-hybridized carbons (Fsp3) is 0.267. The maximum Gasteiger partial charge on any atom is 0.350 e. The Bertz CT molecular complexity index is 832. The molecule has 0 spiro atoms. The molecule has 0 atom stereocenters. The summed E-state index contributed by atoms with van der Waals surface area (Å²) in [5.41, 5.74) is 1.33. The lowest BCUT2D eigenvalue weighted by Gasteiger charge is -2.29. The predicted octanol–water partition coefficient (Wildman–Crippen LogP) is 2.47. The van der Waals surface area contributed by atoms with E-state index < -0.39 is 17.7 Å². The van der Waals surface area contributed by atoms with Crippen molar-refractivity contribution in [2.45, 2.75) is 19.6 Å². The Balaban J connectivity index is 1.94. The number of cyclic esters (lactones) is 2. The molecule has 8 heteroatoms. The van der Waals surface area contributed by atoms with Crippen molar-refractivity contribution in [3.05, 3.63) is 34.6 Å². The Kier molecular flexibility index (Phi) is 3.63. The Hall–Kier alpha value is -2.35. The number of esters is 2. The van der Waals surface area contributed by atoms with Gasteiger partial charge in [0.1, 0.15) is 4.60 Å². The number of ether oxygens (including phenoxy) is 2. The van der Waals surface area contributed by atoms with Crippen molar-refractivity contribution in [2.75, 3.05) is 5.32 Å². The Morgan fingerprint density at radius 2 is 1.91 bits per heavy atom. The molecule has 0 radical (unpaired) electrons. The highest BCUT2D eigenvalue weighted by atomic mass is 79.9. The van der Waals surface area contributed by atoms with Crippen LogP contribution in [0, 0.1) is 0 Å². The van der Waals surface area contributed by atoms with Crippen molar-refractivity contribution in [3.8, 4) is 0 Å². The van der Waals surface area contributed by atoms with Gasteiger partial charge in [-0.25, -0.2) is 9.59 Å². The molecule has 7 nitrogen and oxygen atoms in total. The number of benzene rings is 1. The van der Waals surface area contributed by atoms with Crippen molar-refractivity contribution in [1.82, 2.24) is 9.78 Å². The standard InChI is InChI=1S/C15H14BrN3O4/c1-15(2)22-13(20)9(14(21)23-15)7-17-10-6-4-5-8-11(10)19(3)18-12(8)16/h4-7,17H,1-3H3. The lowest BCUT2D eigenvalue weighted by atomic mass is 10.2. The molecular formula is C15H14BrN3O4. The van der Waals surface area contributed by atoms with Gasteiger partial charge in [-0.05, 0) is 28.1 Å². The maximum atomic E-state index is 11.9. The smallest absolute Gasteiger partial charge is 0.350 e. The van der Waals surface area contributed by atoms with Crippen molar-refractivity contribution < 1.29 is 19.1 Å². The van der Waals surface area contributed by atoms with Crippen LogP contribution in [-0.2, 0) is 26.1 Å². The fourth-order valence-corrected chi connectivity index (χ4v) is 2.90. The molecule has 0 saturated carbocycles. The molecule has 0 bridgehead atoms. The first-order chi connectivity index (χ1) is 10.8. The summed E-state index contributed by atoms with van der Waals surface area (Å²) in [6.07, 6.45) is 1.29. The second-order valence-corrected chi connectivity index (χ2v) is 6.25. The molecule has 1 aromatic heterocycles. The highest BCUT2D eigenvalue weighted by molar-refractivity contribution is 9.10. The van der Waals surface area contributed by atoms with Crippen LogP contribution < -0.4 is 5.32 Å². The van der Waals surface area contributed by atoms with E-state index in [2.05, 4.69) is 26.3 Å². The van der Waals surface area contributed by atoms with Gasteiger partial charge in [0.25, 0.3) is 5.79 Å². The SMILES string of the molecule is Cn1nc(Br)c2cccc(NC=C3C(=O)OC(C)(C)OC3=O)c21. The largest absolute Gasteiger partial charge is 0.419 e. The fourth-order valence-electron chi connectivity index (χ4n) is 2.34. The number of anilines is 1. The zero-order valence-electron chi connectivity index (χ0n) is 12.7. The van der Waals surface area contributed by atoms with Gasteiger partial charge in [-0.15, -0.1) is 0 Å². The lowest BCUT2D eigenvalue weighted by molar-refractivity contribution is -0.222. The number of hydrogen-bond donors (Lipinski definition) is 1. The van der Waals surface area contributed by atoms with E-state index >= 15 is 0 Å². The molecule has 1 saturated heterocycles. The zero-order valence-corrected chi connectivity index (χ0v) is 14.3. The number of aromatic nitrogens is 2. The number of rotatable bonds is 2. The zero-order chi connectivity index (χ0) is 16.8. The first kappa shape index (κ1) is 15.5. The number of hydrogen-bond acceptors (Lipinski definition) is 6. The number of nitrogens with zero attached hydrogens (tertiary/aromatic N) is 2. The number of halogens is 1. The first-order valence-electron chi connectivity index (χ1n) is 6.83. The van der Waals surface area contributed by atoms with E-state index in [4.69, 9.17) is 9.47 Å². The quantitative estimate of drug-likeness (QED) is 0.490. The average molecular weight is 380 g/mol. The summed E-state index contributed by atoms with van der Waals surface area (Å²) in [4.78, 5) is 23.8. The molecule has 2 aromatic rings. The Morgan fingerprint density at radius 3 is 2.57 bits per heavy atom. The third-order valence-electron chi connectivity index (χ3n) is 3.31.